The summed E-state index contributed by atoms with van der Waals surface area (Å²) >= 11 is 0. The quantitative estimate of drug-likeness (QED) is 0.714. The third-order valence-corrected chi connectivity index (χ3v) is 6.01. The normalized spacial score (nSPS) is 11.9. The van der Waals surface area contributed by atoms with E-state index in [0.717, 1.165) is 10.9 Å². The van der Waals surface area contributed by atoms with Crippen LogP contribution in [0.1, 0.15) is 12.0 Å². The average molecular weight is 344 g/mol. The van der Waals surface area contributed by atoms with Crippen molar-refractivity contribution in [2.75, 3.05) is 5.75 Å². The highest BCUT2D eigenvalue weighted by Crippen LogP contribution is 2.14. The Balaban J connectivity index is 1.74. The van der Waals surface area contributed by atoms with E-state index in [2.05, 4.69) is 0 Å². The Kier molecular flexibility index (Phi) is 4.32. The van der Waals surface area contributed by atoms with E-state index in [0.29, 0.717) is 23.4 Å². The highest BCUT2D eigenvalue weighted by atomic mass is 32.2. The van der Waals surface area contributed by atoms with Crippen LogP contribution in [-0.2, 0) is 23.4 Å². The molecule has 6 heteroatoms. The summed E-state index contributed by atoms with van der Waals surface area (Å²) in [7, 11) is -1.49. The van der Waals surface area contributed by atoms with Gasteiger partial charge >= 0.3 is 0 Å². The maximum atomic E-state index is 12.5. The van der Waals surface area contributed by atoms with Crippen molar-refractivity contribution in [2.45, 2.75) is 24.8 Å². The minimum Gasteiger partial charge on any atom is -0.346 e. The average Bonchev–Trinajstić information content (AvgIpc) is 2.92. The molecule has 126 valence electrons. The standard InChI is InChI=1S/C18H20N2O3S/c1-14-4-6-16(7-5-14)24(22,23)13-3-10-20-12-9-15-8-11-19(2)17(15)18(20)21/h4-9,11-12H,3,10,13H2,1-2H3. The van der Waals surface area contributed by atoms with Crippen LogP contribution in [0, 0.1) is 6.92 Å². The lowest BCUT2D eigenvalue weighted by Gasteiger charge is -2.08. The molecule has 2 aromatic heterocycles. The number of hydrogen-bond donors (Lipinski definition) is 0. The van der Waals surface area contributed by atoms with Gasteiger partial charge in [0.25, 0.3) is 5.56 Å². The molecule has 0 aliphatic heterocycles. The fourth-order valence-electron chi connectivity index (χ4n) is 2.80. The Hall–Kier alpha value is -2.34. The van der Waals surface area contributed by atoms with Crippen LogP contribution in [0.4, 0.5) is 0 Å². The van der Waals surface area contributed by atoms with Crippen LogP contribution in [0.2, 0.25) is 0 Å². The molecule has 0 aliphatic carbocycles. The summed E-state index contributed by atoms with van der Waals surface area (Å²) < 4.78 is 28.1. The van der Waals surface area contributed by atoms with Crippen molar-refractivity contribution in [3.8, 4) is 0 Å². The van der Waals surface area contributed by atoms with Crippen LogP contribution >= 0.6 is 0 Å². The lowest BCUT2D eigenvalue weighted by atomic mass is 10.2. The number of benzene rings is 1. The van der Waals surface area contributed by atoms with Gasteiger partial charge in [0.1, 0.15) is 5.52 Å². The first kappa shape index (κ1) is 16.5. The van der Waals surface area contributed by atoms with Crippen molar-refractivity contribution in [1.29, 1.82) is 0 Å². The number of fused-ring (bicyclic) bond motifs is 1. The third kappa shape index (κ3) is 3.14. The van der Waals surface area contributed by atoms with E-state index in [4.69, 9.17) is 0 Å². The molecule has 0 saturated heterocycles. The molecule has 2 heterocycles. The summed E-state index contributed by atoms with van der Waals surface area (Å²) in [6.07, 6.45) is 3.97. The van der Waals surface area contributed by atoms with Gasteiger partial charge in [-0.2, -0.15) is 0 Å². The predicted molar refractivity (Wildman–Crippen MR) is 95.0 cm³/mol. The number of hydrogen-bond acceptors (Lipinski definition) is 3. The second-order valence-corrected chi connectivity index (χ2v) is 8.14. The van der Waals surface area contributed by atoms with Crippen LogP contribution in [0.5, 0.6) is 0 Å². The van der Waals surface area contributed by atoms with Crippen molar-refractivity contribution in [1.82, 2.24) is 9.13 Å². The van der Waals surface area contributed by atoms with E-state index in [1.54, 1.807) is 39.6 Å². The van der Waals surface area contributed by atoms with Gasteiger partial charge in [0.05, 0.1) is 10.6 Å². The second kappa shape index (κ2) is 6.28. The second-order valence-electron chi connectivity index (χ2n) is 6.03. The topological polar surface area (TPSA) is 61.1 Å². The molecule has 0 bridgehead atoms. The Bertz CT molecular complexity index is 1030. The van der Waals surface area contributed by atoms with Gasteiger partial charge in [-0.15, -0.1) is 0 Å². The molecular formula is C18H20N2O3S. The van der Waals surface area contributed by atoms with Crippen molar-refractivity contribution in [3.63, 3.8) is 0 Å². The van der Waals surface area contributed by atoms with Gasteiger partial charge in [-0.05, 0) is 37.6 Å². The number of aryl methyl sites for hydroxylation is 3. The number of aromatic nitrogens is 2. The number of pyridine rings is 1. The molecular weight excluding hydrogens is 324 g/mol. The van der Waals surface area contributed by atoms with Crippen LogP contribution in [-0.4, -0.2) is 23.3 Å². The SMILES string of the molecule is Cc1ccc(S(=O)(=O)CCCn2ccc3ccn(C)c3c2=O)cc1. The van der Waals surface area contributed by atoms with Crippen LogP contribution < -0.4 is 5.56 Å². The maximum Gasteiger partial charge on any atom is 0.275 e. The van der Waals surface area contributed by atoms with E-state index in [9.17, 15) is 13.2 Å². The molecule has 24 heavy (non-hydrogen) atoms. The Morgan fingerprint density at radius 3 is 2.38 bits per heavy atom. The van der Waals surface area contributed by atoms with Gasteiger partial charge in [-0.25, -0.2) is 8.42 Å². The Morgan fingerprint density at radius 2 is 1.67 bits per heavy atom. The molecule has 0 amide bonds. The third-order valence-electron chi connectivity index (χ3n) is 4.19. The van der Waals surface area contributed by atoms with Gasteiger partial charge in [0, 0.05) is 31.4 Å². The molecule has 1 aromatic carbocycles. The fraction of sp³-hybridized carbons (Fsp3) is 0.278. The van der Waals surface area contributed by atoms with E-state index >= 15 is 0 Å². The van der Waals surface area contributed by atoms with Gasteiger partial charge < -0.3 is 9.13 Å². The highest BCUT2D eigenvalue weighted by Gasteiger charge is 2.14. The lowest BCUT2D eigenvalue weighted by Crippen LogP contribution is -2.22. The summed E-state index contributed by atoms with van der Waals surface area (Å²) in [5, 5.41) is 0.894. The smallest absolute Gasteiger partial charge is 0.275 e. The van der Waals surface area contributed by atoms with Crippen LogP contribution in [0.25, 0.3) is 10.9 Å². The molecule has 0 saturated carbocycles. The monoisotopic (exact) mass is 344 g/mol. The first-order chi connectivity index (χ1) is 11.4. The molecule has 0 unspecified atom stereocenters. The summed E-state index contributed by atoms with van der Waals surface area (Å²) in [4.78, 5) is 12.8. The summed E-state index contributed by atoms with van der Waals surface area (Å²) in [6.45, 7) is 2.30. The Morgan fingerprint density at radius 1 is 1.00 bits per heavy atom. The molecule has 0 N–H and O–H groups in total. The largest absolute Gasteiger partial charge is 0.346 e. The fourth-order valence-corrected chi connectivity index (χ4v) is 4.09. The first-order valence-corrected chi connectivity index (χ1v) is 9.47. The maximum absolute atomic E-state index is 12.5. The zero-order valence-electron chi connectivity index (χ0n) is 13.8. The van der Waals surface area contributed by atoms with Gasteiger partial charge in [0.2, 0.25) is 0 Å². The van der Waals surface area contributed by atoms with Gasteiger partial charge in [-0.1, -0.05) is 17.7 Å². The van der Waals surface area contributed by atoms with Crippen molar-refractivity contribution < 1.29 is 8.42 Å². The number of nitrogens with zero attached hydrogens (tertiary/aromatic N) is 2. The van der Waals surface area contributed by atoms with E-state index in [1.807, 2.05) is 32.3 Å². The summed E-state index contributed by atoms with van der Waals surface area (Å²) in [5.41, 5.74) is 1.57. The lowest BCUT2D eigenvalue weighted by molar-refractivity contribution is 0.584. The van der Waals surface area contributed by atoms with Crippen LogP contribution in [0.3, 0.4) is 0 Å². The molecule has 3 rings (SSSR count). The molecule has 0 radical (unpaired) electrons. The zero-order chi connectivity index (χ0) is 17.3. The van der Waals surface area contributed by atoms with Crippen molar-refractivity contribution in [2.24, 2.45) is 7.05 Å². The Labute approximate surface area is 141 Å². The molecule has 0 spiro atoms. The van der Waals surface area contributed by atoms with Crippen LogP contribution in [0.15, 0.2) is 58.5 Å². The van der Waals surface area contributed by atoms with Gasteiger partial charge in [0.15, 0.2) is 9.84 Å². The minimum atomic E-state index is -3.32. The molecule has 3 aromatic rings. The number of rotatable bonds is 5. The molecule has 0 fully saturated rings. The van der Waals surface area contributed by atoms with Crippen molar-refractivity contribution in [3.05, 3.63) is 64.7 Å². The van der Waals surface area contributed by atoms with E-state index in [1.165, 1.54) is 0 Å². The van der Waals surface area contributed by atoms with E-state index < -0.39 is 9.84 Å². The molecule has 5 nitrogen and oxygen atoms in total. The first-order valence-electron chi connectivity index (χ1n) is 7.82. The molecule has 0 aliphatic rings. The minimum absolute atomic E-state index is 0.0215. The molecule has 0 atom stereocenters. The number of sulfone groups is 1. The highest BCUT2D eigenvalue weighted by molar-refractivity contribution is 7.91. The summed E-state index contributed by atoms with van der Waals surface area (Å²) in [6, 6.07) is 10.6. The van der Waals surface area contributed by atoms with Crippen molar-refractivity contribution >= 4 is 20.7 Å². The predicted octanol–water partition coefficient (Wildman–Crippen LogP) is 2.51. The van der Waals surface area contributed by atoms with Gasteiger partial charge in [-0.3, -0.25) is 4.79 Å². The van der Waals surface area contributed by atoms with E-state index in [-0.39, 0.29) is 11.3 Å². The summed E-state index contributed by atoms with van der Waals surface area (Å²) in [5.74, 6) is 0.0215. The zero-order valence-corrected chi connectivity index (χ0v) is 14.6.